The first-order chi connectivity index (χ1) is 9.28. The maximum atomic E-state index is 12.1. The molecule has 104 valence electrons. The minimum absolute atomic E-state index is 0.0877. The van der Waals surface area contributed by atoms with Gasteiger partial charge in [0, 0.05) is 50.7 Å². The minimum atomic E-state index is 0.0877. The average Bonchev–Trinajstić information content (AvgIpc) is 2.91. The largest absolute Gasteiger partial charge is 0.334 e. The first-order valence-corrected chi connectivity index (χ1v) is 7.86. The number of likely N-dealkylation sites (tertiary alicyclic amines) is 1. The summed E-state index contributed by atoms with van der Waals surface area (Å²) in [6.45, 7) is 9.68. The standard InChI is InChI=1S/C13H20N4OS/c1-2-15-3-5-16(6-4-15)11-7-17(8-11)13(18)12-9-19-10-14-12/h9-11H,2-8H2,1H3. The molecule has 0 unspecified atom stereocenters. The van der Waals surface area contributed by atoms with Crippen LogP contribution >= 0.6 is 11.3 Å². The van der Waals surface area contributed by atoms with Gasteiger partial charge in [-0.1, -0.05) is 6.92 Å². The van der Waals surface area contributed by atoms with Gasteiger partial charge < -0.3 is 9.80 Å². The zero-order chi connectivity index (χ0) is 13.2. The van der Waals surface area contributed by atoms with Crippen LogP contribution in [0.4, 0.5) is 0 Å². The van der Waals surface area contributed by atoms with Crippen LogP contribution in [0, 0.1) is 0 Å². The van der Waals surface area contributed by atoms with Crippen LogP contribution in [0.15, 0.2) is 10.9 Å². The van der Waals surface area contributed by atoms with Gasteiger partial charge in [-0.25, -0.2) is 4.98 Å². The third kappa shape index (κ3) is 2.66. The van der Waals surface area contributed by atoms with E-state index in [2.05, 4.69) is 21.7 Å². The predicted molar refractivity (Wildman–Crippen MR) is 75.5 cm³/mol. The lowest BCUT2D eigenvalue weighted by Gasteiger charge is -2.47. The lowest BCUT2D eigenvalue weighted by molar-refractivity contribution is 0.00812. The number of hydrogen-bond acceptors (Lipinski definition) is 5. The highest BCUT2D eigenvalue weighted by Crippen LogP contribution is 2.19. The molecule has 2 aliphatic heterocycles. The molecular formula is C13H20N4OS. The van der Waals surface area contributed by atoms with Gasteiger partial charge in [0.05, 0.1) is 5.51 Å². The number of carbonyl (C=O) groups excluding carboxylic acids is 1. The Balaban J connectivity index is 1.47. The Hall–Kier alpha value is -0.980. The summed E-state index contributed by atoms with van der Waals surface area (Å²) >= 11 is 1.48. The zero-order valence-electron chi connectivity index (χ0n) is 11.3. The second-order valence-corrected chi connectivity index (χ2v) is 5.93. The molecule has 2 saturated heterocycles. The molecule has 0 radical (unpaired) electrons. The Morgan fingerprint density at radius 1 is 1.37 bits per heavy atom. The molecule has 0 saturated carbocycles. The predicted octanol–water partition coefficient (Wildman–Crippen LogP) is 0.605. The van der Waals surface area contributed by atoms with Crippen LogP contribution < -0.4 is 0 Å². The Bertz CT molecular complexity index is 422. The molecule has 19 heavy (non-hydrogen) atoms. The summed E-state index contributed by atoms with van der Waals surface area (Å²) in [5.41, 5.74) is 2.31. The first-order valence-electron chi connectivity index (χ1n) is 6.92. The Morgan fingerprint density at radius 2 is 2.11 bits per heavy atom. The van der Waals surface area contributed by atoms with Gasteiger partial charge in [-0.3, -0.25) is 9.69 Å². The lowest BCUT2D eigenvalue weighted by atomic mass is 10.1. The molecule has 1 aromatic rings. The van der Waals surface area contributed by atoms with Crippen LogP contribution in [0.25, 0.3) is 0 Å². The number of piperazine rings is 1. The molecule has 0 atom stereocenters. The van der Waals surface area contributed by atoms with E-state index in [1.54, 1.807) is 5.51 Å². The molecule has 1 amide bonds. The first kappa shape index (κ1) is 13.0. The number of rotatable bonds is 3. The number of amides is 1. The van der Waals surface area contributed by atoms with Crippen LogP contribution in [0.5, 0.6) is 0 Å². The van der Waals surface area contributed by atoms with Crippen molar-refractivity contribution in [1.29, 1.82) is 0 Å². The van der Waals surface area contributed by atoms with Crippen LogP contribution in [0.1, 0.15) is 17.4 Å². The van der Waals surface area contributed by atoms with E-state index in [-0.39, 0.29) is 5.91 Å². The zero-order valence-corrected chi connectivity index (χ0v) is 12.1. The third-order valence-corrected chi connectivity index (χ3v) is 4.76. The fraction of sp³-hybridized carbons (Fsp3) is 0.692. The summed E-state index contributed by atoms with van der Waals surface area (Å²) in [7, 11) is 0. The number of nitrogens with zero attached hydrogens (tertiary/aromatic N) is 4. The van der Waals surface area contributed by atoms with Gasteiger partial charge in [0.1, 0.15) is 5.69 Å². The molecule has 0 spiro atoms. The summed E-state index contributed by atoms with van der Waals surface area (Å²) < 4.78 is 0. The number of hydrogen-bond donors (Lipinski definition) is 0. The van der Waals surface area contributed by atoms with Crippen molar-refractivity contribution in [2.24, 2.45) is 0 Å². The number of aromatic nitrogens is 1. The highest BCUT2D eigenvalue weighted by molar-refractivity contribution is 7.07. The van der Waals surface area contributed by atoms with Gasteiger partial charge in [0.25, 0.3) is 5.91 Å². The molecule has 2 aliphatic rings. The fourth-order valence-electron chi connectivity index (χ4n) is 2.78. The van der Waals surface area contributed by atoms with Crippen LogP contribution in [0.2, 0.25) is 0 Å². The fourth-order valence-corrected chi connectivity index (χ4v) is 3.30. The van der Waals surface area contributed by atoms with E-state index in [4.69, 9.17) is 0 Å². The van der Waals surface area contributed by atoms with Crippen LogP contribution in [0.3, 0.4) is 0 Å². The molecule has 3 rings (SSSR count). The second kappa shape index (κ2) is 5.56. The summed E-state index contributed by atoms with van der Waals surface area (Å²) in [5, 5.41) is 1.83. The second-order valence-electron chi connectivity index (χ2n) is 5.21. The van der Waals surface area contributed by atoms with Crippen LogP contribution in [-0.4, -0.2) is 77.4 Å². The third-order valence-electron chi connectivity index (χ3n) is 4.17. The highest BCUT2D eigenvalue weighted by Gasteiger charge is 2.36. The van der Waals surface area contributed by atoms with E-state index in [9.17, 15) is 4.79 Å². The molecule has 1 aromatic heterocycles. The van der Waals surface area contributed by atoms with Crippen molar-refractivity contribution in [1.82, 2.24) is 19.7 Å². The van der Waals surface area contributed by atoms with E-state index in [0.29, 0.717) is 11.7 Å². The van der Waals surface area contributed by atoms with E-state index < -0.39 is 0 Å². The van der Waals surface area contributed by atoms with Gasteiger partial charge in [-0.05, 0) is 6.54 Å². The van der Waals surface area contributed by atoms with Crippen molar-refractivity contribution in [2.75, 3.05) is 45.8 Å². The lowest BCUT2D eigenvalue weighted by Crippen LogP contribution is -2.64. The van der Waals surface area contributed by atoms with Crippen molar-refractivity contribution in [3.8, 4) is 0 Å². The molecule has 0 N–H and O–H groups in total. The van der Waals surface area contributed by atoms with E-state index in [1.165, 1.54) is 11.3 Å². The Kier molecular flexibility index (Phi) is 3.81. The van der Waals surface area contributed by atoms with E-state index in [0.717, 1.165) is 45.8 Å². The Morgan fingerprint density at radius 3 is 2.68 bits per heavy atom. The molecular weight excluding hydrogens is 260 g/mol. The number of thiazole rings is 1. The van der Waals surface area contributed by atoms with Gasteiger partial charge in [0.15, 0.2) is 0 Å². The topological polar surface area (TPSA) is 39.7 Å². The molecule has 0 bridgehead atoms. The number of carbonyl (C=O) groups is 1. The summed E-state index contributed by atoms with van der Waals surface area (Å²) in [4.78, 5) is 23.1. The van der Waals surface area contributed by atoms with Gasteiger partial charge >= 0.3 is 0 Å². The molecule has 5 nitrogen and oxygen atoms in total. The monoisotopic (exact) mass is 280 g/mol. The van der Waals surface area contributed by atoms with Crippen molar-refractivity contribution < 1.29 is 4.79 Å². The SMILES string of the molecule is CCN1CCN(C2CN(C(=O)c3cscn3)C2)CC1. The summed E-state index contributed by atoms with van der Waals surface area (Å²) in [5.74, 6) is 0.0877. The van der Waals surface area contributed by atoms with Gasteiger partial charge in [-0.15, -0.1) is 11.3 Å². The average molecular weight is 280 g/mol. The maximum absolute atomic E-state index is 12.1. The van der Waals surface area contributed by atoms with Crippen molar-refractivity contribution in [3.63, 3.8) is 0 Å². The number of likely N-dealkylation sites (N-methyl/N-ethyl adjacent to an activating group) is 1. The molecule has 0 aromatic carbocycles. The van der Waals surface area contributed by atoms with Crippen molar-refractivity contribution in [3.05, 3.63) is 16.6 Å². The Labute approximate surface area is 117 Å². The van der Waals surface area contributed by atoms with Gasteiger partial charge in [-0.2, -0.15) is 0 Å². The molecule has 6 heteroatoms. The van der Waals surface area contributed by atoms with Crippen molar-refractivity contribution >= 4 is 17.2 Å². The highest BCUT2D eigenvalue weighted by atomic mass is 32.1. The smallest absolute Gasteiger partial charge is 0.273 e. The van der Waals surface area contributed by atoms with Crippen LogP contribution in [-0.2, 0) is 0 Å². The summed E-state index contributed by atoms with van der Waals surface area (Å²) in [6, 6.07) is 0.557. The van der Waals surface area contributed by atoms with E-state index >= 15 is 0 Å². The quantitative estimate of drug-likeness (QED) is 0.813. The van der Waals surface area contributed by atoms with E-state index in [1.807, 2.05) is 10.3 Å². The van der Waals surface area contributed by atoms with Gasteiger partial charge in [0.2, 0.25) is 0 Å². The molecule has 3 heterocycles. The normalized spacial score (nSPS) is 22.5. The molecule has 2 fully saturated rings. The summed E-state index contributed by atoms with van der Waals surface area (Å²) in [6.07, 6.45) is 0. The van der Waals surface area contributed by atoms with Crippen molar-refractivity contribution in [2.45, 2.75) is 13.0 Å². The molecule has 0 aliphatic carbocycles. The maximum Gasteiger partial charge on any atom is 0.273 e. The minimum Gasteiger partial charge on any atom is -0.334 e.